The number of pyridine rings is 1. The molecule has 0 aliphatic carbocycles. The lowest BCUT2D eigenvalue weighted by molar-refractivity contribution is -0.133. The topological polar surface area (TPSA) is 72.1 Å². The Morgan fingerprint density at radius 2 is 1.81 bits per heavy atom. The highest BCUT2D eigenvalue weighted by Crippen LogP contribution is 2.29. The largest absolute Gasteiger partial charge is 0.342 e. The van der Waals surface area contributed by atoms with E-state index >= 15 is 0 Å². The summed E-state index contributed by atoms with van der Waals surface area (Å²) in [4.78, 5) is 23.3. The lowest BCUT2D eigenvalue weighted by Gasteiger charge is -2.32. The summed E-state index contributed by atoms with van der Waals surface area (Å²) in [7, 11) is 0. The average molecular weight is 362 g/mol. The maximum absolute atomic E-state index is 12.8. The minimum absolute atomic E-state index is 0.119. The number of benzene rings is 1. The number of hydrogen-bond acceptors (Lipinski definition) is 5. The predicted molar refractivity (Wildman–Crippen MR) is 101 cm³/mol. The number of rotatable bonds is 4. The Labute approximate surface area is 158 Å². The van der Waals surface area contributed by atoms with Crippen LogP contribution >= 0.6 is 0 Å². The van der Waals surface area contributed by atoms with Crippen LogP contribution in [0.25, 0.3) is 11.5 Å². The Hall–Kier alpha value is -3.02. The van der Waals surface area contributed by atoms with Gasteiger partial charge in [-0.05, 0) is 37.5 Å². The number of hydrogen-bond donors (Lipinski definition) is 0. The zero-order valence-corrected chi connectivity index (χ0v) is 15.3. The molecule has 27 heavy (non-hydrogen) atoms. The molecule has 1 saturated heterocycles. The van der Waals surface area contributed by atoms with E-state index in [9.17, 15) is 4.79 Å². The molecule has 0 radical (unpaired) electrons. The smallest absolute Gasteiger partial charge is 0.258 e. The number of aromatic nitrogens is 3. The number of carbonyl (C=O) groups excluding carboxylic acids is 1. The summed E-state index contributed by atoms with van der Waals surface area (Å²) < 4.78 is 5.40. The van der Waals surface area contributed by atoms with Crippen molar-refractivity contribution in [1.29, 1.82) is 0 Å². The van der Waals surface area contributed by atoms with Gasteiger partial charge in [0, 0.05) is 37.0 Å². The molecule has 1 atom stereocenters. The summed E-state index contributed by atoms with van der Waals surface area (Å²) in [5, 5.41) is 4.16. The van der Waals surface area contributed by atoms with Crippen LogP contribution in [0.4, 0.5) is 0 Å². The maximum atomic E-state index is 12.8. The van der Waals surface area contributed by atoms with E-state index in [0.717, 1.165) is 42.9 Å². The van der Waals surface area contributed by atoms with E-state index < -0.39 is 0 Å². The van der Waals surface area contributed by atoms with Gasteiger partial charge in [0.25, 0.3) is 5.89 Å². The summed E-state index contributed by atoms with van der Waals surface area (Å²) in [6.07, 6.45) is 5.11. The molecule has 4 rings (SSSR count). The van der Waals surface area contributed by atoms with Crippen LogP contribution in [0.15, 0.2) is 59.4 Å². The average Bonchev–Trinajstić information content (AvgIpc) is 3.24. The van der Waals surface area contributed by atoms with Gasteiger partial charge >= 0.3 is 0 Å². The monoisotopic (exact) mass is 362 g/mol. The van der Waals surface area contributed by atoms with Gasteiger partial charge in [-0.3, -0.25) is 9.78 Å². The lowest BCUT2D eigenvalue weighted by Crippen LogP contribution is -2.40. The molecular formula is C21H22N4O2. The highest BCUT2D eigenvalue weighted by Gasteiger charge is 2.29. The minimum Gasteiger partial charge on any atom is -0.342 e. The molecule has 0 saturated carbocycles. The van der Waals surface area contributed by atoms with Crippen molar-refractivity contribution in [1.82, 2.24) is 20.0 Å². The highest BCUT2D eigenvalue weighted by atomic mass is 16.5. The van der Waals surface area contributed by atoms with Gasteiger partial charge in [-0.2, -0.15) is 4.98 Å². The fourth-order valence-corrected chi connectivity index (χ4v) is 3.53. The molecule has 6 nitrogen and oxygen atoms in total. The zero-order valence-electron chi connectivity index (χ0n) is 15.3. The summed E-state index contributed by atoms with van der Waals surface area (Å²) in [6, 6.07) is 13.6. The number of likely N-dealkylation sites (tertiary alicyclic amines) is 1. The molecular weight excluding hydrogens is 340 g/mol. The molecule has 2 aromatic heterocycles. The Morgan fingerprint density at radius 3 is 2.52 bits per heavy atom. The van der Waals surface area contributed by atoms with Gasteiger partial charge in [0.2, 0.25) is 5.91 Å². The van der Waals surface area contributed by atoms with Crippen molar-refractivity contribution in [3.63, 3.8) is 0 Å². The van der Waals surface area contributed by atoms with Gasteiger partial charge in [-0.15, -0.1) is 0 Å². The molecule has 0 spiro atoms. The van der Waals surface area contributed by atoms with Crippen molar-refractivity contribution in [2.24, 2.45) is 0 Å². The van der Waals surface area contributed by atoms with Gasteiger partial charge in [-0.25, -0.2) is 0 Å². The Bertz CT molecular complexity index is 887. The molecule has 3 aromatic rings. The summed E-state index contributed by atoms with van der Waals surface area (Å²) in [6.45, 7) is 3.42. The van der Waals surface area contributed by atoms with Crippen LogP contribution in [0.1, 0.15) is 43.0 Å². The van der Waals surface area contributed by atoms with Crippen LogP contribution in [0.2, 0.25) is 0 Å². The molecule has 1 aliphatic rings. The Balaban J connectivity index is 1.38. The molecule has 0 unspecified atom stereocenters. The third-order valence-electron chi connectivity index (χ3n) is 5.21. The molecule has 0 bridgehead atoms. The van der Waals surface area contributed by atoms with E-state index in [4.69, 9.17) is 4.52 Å². The Kier molecular flexibility index (Phi) is 4.96. The lowest BCUT2D eigenvalue weighted by atomic mass is 9.93. The van der Waals surface area contributed by atoms with E-state index in [1.807, 2.05) is 54.3 Å². The first kappa shape index (κ1) is 17.4. The van der Waals surface area contributed by atoms with Gasteiger partial charge in [0.1, 0.15) is 0 Å². The van der Waals surface area contributed by atoms with Crippen molar-refractivity contribution >= 4 is 5.91 Å². The molecule has 3 heterocycles. The van der Waals surface area contributed by atoms with E-state index in [0.29, 0.717) is 5.89 Å². The summed E-state index contributed by atoms with van der Waals surface area (Å²) in [5.41, 5.74) is 1.93. The molecule has 1 amide bonds. The van der Waals surface area contributed by atoms with E-state index in [-0.39, 0.29) is 17.7 Å². The first-order chi connectivity index (χ1) is 13.2. The quantitative estimate of drug-likeness (QED) is 0.708. The van der Waals surface area contributed by atoms with Crippen molar-refractivity contribution in [3.05, 3.63) is 66.2 Å². The van der Waals surface area contributed by atoms with Gasteiger partial charge in [-0.1, -0.05) is 35.5 Å². The minimum atomic E-state index is -0.119. The first-order valence-corrected chi connectivity index (χ1v) is 9.30. The standard InChI is InChI=1S/C21H22N4O2/c1-15(16-5-3-2-4-6-16)21(26)25-13-9-17(10-14-25)19-23-20(27-24-19)18-7-11-22-12-8-18/h2-8,11-12,15,17H,9-10,13-14H2,1H3/t15-/m1/s1. The third-order valence-corrected chi connectivity index (χ3v) is 5.21. The second kappa shape index (κ2) is 7.70. The maximum Gasteiger partial charge on any atom is 0.258 e. The second-order valence-corrected chi connectivity index (χ2v) is 6.93. The SMILES string of the molecule is C[C@@H](C(=O)N1CCC(c2noc(-c3ccncc3)n2)CC1)c1ccccc1. The van der Waals surface area contributed by atoms with Crippen LogP contribution in [-0.4, -0.2) is 39.0 Å². The summed E-state index contributed by atoms with van der Waals surface area (Å²) in [5.74, 6) is 1.53. The van der Waals surface area contributed by atoms with Gasteiger partial charge in [0.05, 0.1) is 5.92 Å². The highest BCUT2D eigenvalue weighted by molar-refractivity contribution is 5.83. The molecule has 1 fully saturated rings. The third kappa shape index (κ3) is 3.74. The number of nitrogens with zero attached hydrogens (tertiary/aromatic N) is 4. The molecule has 138 valence electrons. The van der Waals surface area contributed by atoms with Gasteiger partial charge in [0.15, 0.2) is 5.82 Å². The van der Waals surface area contributed by atoms with Crippen LogP contribution in [0.5, 0.6) is 0 Å². The van der Waals surface area contributed by atoms with E-state index in [2.05, 4.69) is 15.1 Å². The van der Waals surface area contributed by atoms with Crippen LogP contribution in [0.3, 0.4) is 0 Å². The Morgan fingerprint density at radius 1 is 1.11 bits per heavy atom. The van der Waals surface area contributed by atoms with Crippen LogP contribution < -0.4 is 0 Å². The molecule has 6 heteroatoms. The van der Waals surface area contributed by atoms with Crippen LogP contribution in [-0.2, 0) is 4.79 Å². The molecule has 1 aliphatic heterocycles. The van der Waals surface area contributed by atoms with E-state index in [1.54, 1.807) is 12.4 Å². The van der Waals surface area contributed by atoms with E-state index in [1.165, 1.54) is 0 Å². The predicted octanol–water partition coefficient (Wildman–Crippen LogP) is 3.64. The van der Waals surface area contributed by atoms with Crippen molar-refractivity contribution < 1.29 is 9.32 Å². The number of amides is 1. The molecule has 1 aromatic carbocycles. The van der Waals surface area contributed by atoms with Crippen LogP contribution in [0, 0.1) is 0 Å². The van der Waals surface area contributed by atoms with Crippen molar-refractivity contribution in [2.45, 2.75) is 31.6 Å². The first-order valence-electron chi connectivity index (χ1n) is 9.30. The zero-order chi connectivity index (χ0) is 18.6. The normalized spacial score (nSPS) is 16.3. The molecule has 0 N–H and O–H groups in total. The fourth-order valence-electron chi connectivity index (χ4n) is 3.53. The number of carbonyl (C=O) groups is 1. The van der Waals surface area contributed by atoms with Crippen molar-refractivity contribution in [2.75, 3.05) is 13.1 Å². The number of piperidine rings is 1. The van der Waals surface area contributed by atoms with Crippen molar-refractivity contribution in [3.8, 4) is 11.5 Å². The van der Waals surface area contributed by atoms with Gasteiger partial charge < -0.3 is 9.42 Å². The summed E-state index contributed by atoms with van der Waals surface area (Å²) >= 11 is 0. The second-order valence-electron chi connectivity index (χ2n) is 6.93. The fraction of sp³-hybridized carbons (Fsp3) is 0.333.